The molecule has 0 N–H and O–H groups in total. The molecule has 0 aromatic rings. The Bertz CT molecular complexity index is 761. The van der Waals surface area contributed by atoms with Crippen LogP contribution in [0.25, 0.3) is 0 Å². The number of hydrogen-bond donors (Lipinski definition) is 0. The molecule has 224 valence electrons. The molecule has 0 amide bonds. The second-order valence-electron chi connectivity index (χ2n) is 12.4. The first-order valence-corrected chi connectivity index (χ1v) is 18.6. The number of rotatable bonds is 16. The lowest BCUT2D eigenvalue weighted by atomic mass is 9.92. The lowest BCUT2D eigenvalue weighted by Gasteiger charge is -2.47. The molecule has 2 heterocycles. The van der Waals surface area contributed by atoms with Crippen LogP contribution in [0.15, 0.2) is 35.5 Å². The van der Waals surface area contributed by atoms with Gasteiger partial charge in [-0.05, 0) is 78.1 Å². The van der Waals surface area contributed by atoms with Gasteiger partial charge in [0.05, 0.1) is 36.9 Å². The average molecular weight is 675 g/mol. The summed E-state index contributed by atoms with van der Waals surface area (Å²) in [5, 5.41) is 0. The van der Waals surface area contributed by atoms with Gasteiger partial charge in [0.2, 0.25) is 8.32 Å². The van der Waals surface area contributed by atoms with E-state index in [1.807, 2.05) is 16.2 Å². The first kappa shape index (κ1) is 34.7. The maximum Gasteiger partial charge on any atom is 0.309 e. The van der Waals surface area contributed by atoms with E-state index in [9.17, 15) is 4.79 Å². The Morgan fingerprint density at radius 1 is 0.949 bits per heavy atom. The summed E-state index contributed by atoms with van der Waals surface area (Å²) in [5.74, 6) is -0.223. The Labute approximate surface area is 253 Å². The molecule has 0 aromatic carbocycles. The van der Waals surface area contributed by atoms with Gasteiger partial charge < -0.3 is 18.6 Å². The van der Waals surface area contributed by atoms with Crippen LogP contribution < -0.4 is 0 Å². The molecule has 0 radical (unpaired) electrons. The van der Waals surface area contributed by atoms with Gasteiger partial charge >= 0.3 is 5.97 Å². The van der Waals surface area contributed by atoms with Crippen molar-refractivity contribution >= 4 is 36.9 Å². The minimum Gasteiger partial charge on any atom is -0.458 e. The van der Waals surface area contributed by atoms with Gasteiger partial charge in [0.1, 0.15) is 6.10 Å². The maximum absolute atomic E-state index is 13.0. The molecule has 5 nitrogen and oxygen atoms in total. The molecule has 2 aliphatic rings. The minimum atomic E-state index is -2.07. The van der Waals surface area contributed by atoms with Crippen LogP contribution in [0.2, 0.25) is 16.6 Å². The highest BCUT2D eigenvalue weighted by atomic mass is 127. The van der Waals surface area contributed by atoms with E-state index >= 15 is 0 Å². The van der Waals surface area contributed by atoms with Crippen molar-refractivity contribution in [3.05, 3.63) is 35.5 Å². The summed E-state index contributed by atoms with van der Waals surface area (Å²) in [7, 11) is -2.07. The third-order valence-corrected chi connectivity index (χ3v) is 15.1. The van der Waals surface area contributed by atoms with Crippen molar-refractivity contribution in [3.8, 4) is 0 Å². The smallest absolute Gasteiger partial charge is 0.309 e. The summed E-state index contributed by atoms with van der Waals surface area (Å²) >= 11 is 2.15. The van der Waals surface area contributed by atoms with Crippen LogP contribution in [0.3, 0.4) is 0 Å². The SMILES string of the molecule is C=CCC[C@H]1CCC[C@@H](C[C@H]2C[C@@H](O[Si](C(C)C)(C(C)C)C(C)C)C[C@@H](CC(=O)O[C@@H](/C=C/I)CC=C)O2)O1. The van der Waals surface area contributed by atoms with Crippen molar-refractivity contribution in [2.75, 3.05) is 0 Å². The molecule has 0 aromatic heterocycles. The molecule has 0 bridgehead atoms. The van der Waals surface area contributed by atoms with Crippen molar-refractivity contribution in [1.82, 2.24) is 0 Å². The van der Waals surface area contributed by atoms with E-state index in [0.717, 1.165) is 44.9 Å². The average Bonchev–Trinajstić information content (AvgIpc) is 2.85. The zero-order valence-corrected chi connectivity index (χ0v) is 28.6. The quantitative estimate of drug-likeness (QED) is 0.0708. The number of allylic oxidation sites excluding steroid dienone is 1. The van der Waals surface area contributed by atoms with Crippen LogP contribution in [0, 0.1) is 0 Å². The Kier molecular flexibility index (Phi) is 15.5. The second kappa shape index (κ2) is 17.5. The molecule has 0 unspecified atom stereocenters. The number of hydrogen-bond acceptors (Lipinski definition) is 5. The number of esters is 1. The third kappa shape index (κ3) is 10.7. The van der Waals surface area contributed by atoms with E-state index in [1.54, 1.807) is 6.08 Å². The first-order valence-electron chi connectivity index (χ1n) is 15.2. The summed E-state index contributed by atoms with van der Waals surface area (Å²) in [6, 6.07) is 0. The van der Waals surface area contributed by atoms with E-state index in [0.29, 0.717) is 29.1 Å². The van der Waals surface area contributed by atoms with Gasteiger partial charge in [-0.25, -0.2) is 0 Å². The van der Waals surface area contributed by atoms with Gasteiger partial charge in [-0.1, -0.05) is 76.3 Å². The van der Waals surface area contributed by atoms with Crippen LogP contribution in [0.4, 0.5) is 0 Å². The number of carbonyl (C=O) groups is 1. The van der Waals surface area contributed by atoms with Crippen molar-refractivity contribution < 1.29 is 23.4 Å². The van der Waals surface area contributed by atoms with Crippen LogP contribution in [-0.2, 0) is 23.4 Å². The van der Waals surface area contributed by atoms with Gasteiger partial charge in [0.25, 0.3) is 0 Å². The first-order chi connectivity index (χ1) is 18.5. The molecule has 2 aliphatic heterocycles. The van der Waals surface area contributed by atoms with Gasteiger partial charge in [0.15, 0.2) is 0 Å². The number of halogens is 1. The monoisotopic (exact) mass is 674 g/mol. The molecular weight excluding hydrogens is 619 g/mol. The predicted molar refractivity (Wildman–Crippen MR) is 173 cm³/mol. The molecule has 0 aliphatic carbocycles. The third-order valence-electron chi connectivity index (χ3n) is 8.53. The summed E-state index contributed by atoms with van der Waals surface area (Å²) in [6.07, 6.45) is 14.4. The molecule has 39 heavy (non-hydrogen) atoms. The van der Waals surface area contributed by atoms with Gasteiger partial charge in [0, 0.05) is 6.42 Å². The van der Waals surface area contributed by atoms with Crippen molar-refractivity contribution in [3.63, 3.8) is 0 Å². The van der Waals surface area contributed by atoms with Crippen molar-refractivity contribution in [1.29, 1.82) is 0 Å². The lowest BCUT2D eigenvalue weighted by molar-refractivity contribution is -0.159. The summed E-state index contributed by atoms with van der Waals surface area (Å²) in [6.45, 7) is 21.7. The minimum absolute atomic E-state index is 0.0149. The Morgan fingerprint density at radius 2 is 1.56 bits per heavy atom. The zero-order valence-electron chi connectivity index (χ0n) is 25.4. The lowest BCUT2D eigenvalue weighted by Crippen LogP contribution is -2.53. The molecule has 2 fully saturated rings. The highest BCUT2D eigenvalue weighted by Crippen LogP contribution is 2.45. The van der Waals surface area contributed by atoms with E-state index in [2.05, 4.69) is 77.3 Å². The number of ether oxygens (including phenoxy) is 3. The normalized spacial score (nSPS) is 27.3. The molecule has 2 saturated heterocycles. The van der Waals surface area contributed by atoms with E-state index in [-0.39, 0.29) is 42.9 Å². The highest BCUT2D eigenvalue weighted by Gasteiger charge is 2.48. The van der Waals surface area contributed by atoms with Gasteiger partial charge in [-0.15, -0.1) is 13.2 Å². The topological polar surface area (TPSA) is 54.0 Å². The summed E-state index contributed by atoms with van der Waals surface area (Å²) in [4.78, 5) is 13.0. The van der Waals surface area contributed by atoms with Crippen LogP contribution in [0.1, 0.15) is 106 Å². The largest absolute Gasteiger partial charge is 0.458 e. The highest BCUT2D eigenvalue weighted by molar-refractivity contribution is 14.1. The molecule has 6 atom stereocenters. The molecule has 7 heteroatoms. The fourth-order valence-corrected chi connectivity index (χ4v) is 13.0. The van der Waals surface area contributed by atoms with Gasteiger partial charge in [-0.3, -0.25) is 4.79 Å². The molecule has 2 rings (SSSR count). The standard InChI is InChI=1S/C32H55IO5Si/c1-9-11-14-27-15-12-16-28(35-27)19-29-20-31(38-39(23(3)4,24(5)6)25(7)8)21-30(36-29)22-32(34)37-26(13-10-2)17-18-33/h9-10,17-18,23-31H,1-2,11-16,19-22H2,3-8H3/b18-17+/t26-,27+,28+,29+,30+,31-/m1/s1. The van der Waals surface area contributed by atoms with Crippen LogP contribution >= 0.6 is 22.6 Å². The van der Waals surface area contributed by atoms with E-state index < -0.39 is 8.32 Å². The summed E-state index contributed by atoms with van der Waals surface area (Å²) < 4.78 is 28.0. The summed E-state index contributed by atoms with van der Waals surface area (Å²) in [5.41, 5.74) is 1.53. The fraction of sp³-hybridized carbons (Fsp3) is 0.781. The zero-order chi connectivity index (χ0) is 29.0. The number of carbonyl (C=O) groups excluding carboxylic acids is 1. The van der Waals surface area contributed by atoms with Gasteiger partial charge in [-0.2, -0.15) is 0 Å². The molecule has 0 spiro atoms. The van der Waals surface area contributed by atoms with E-state index in [4.69, 9.17) is 18.6 Å². The Balaban J connectivity index is 2.19. The Morgan fingerprint density at radius 3 is 2.15 bits per heavy atom. The van der Waals surface area contributed by atoms with Crippen molar-refractivity contribution in [2.45, 2.75) is 159 Å². The molecular formula is C32H55IO5Si. The fourth-order valence-electron chi connectivity index (χ4n) is 6.92. The van der Waals surface area contributed by atoms with Crippen LogP contribution in [-0.4, -0.2) is 50.9 Å². The van der Waals surface area contributed by atoms with Crippen LogP contribution in [0.5, 0.6) is 0 Å². The van der Waals surface area contributed by atoms with Crippen molar-refractivity contribution in [2.24, 2.45) is 0 Å². The Hall–Kier alpha value is -0.483. The van der Waals surface area contributed by atoms with E-state index in [1.165, 1.54) is 6.42 Å². The predicted octanol–water partition coefficient (Wildman–Crippen LogP) is 9.22. The molecule has 0 saturated carbocycles. The maximum atomic E-state index is 13.0. The second-order valence-corrected chi connectivity index (χ2v) is 18.5.